The van der Waals surface area contributed by atoms with Crippen molar-refractivity contribution in [2.45, 2.75) is 18.4 Å². The van der Waals surface area contributed by atoms with Crippen molar-refractivity contribution in [2.24, 2.45) is 5.92 Å². The smallest absolute Gasteiger partial charge is 0.272 e. The lowest BCUT2D eigenvalue weighted by molar-refractivity contribution is 0.0528. The predicted molar refractivity (Wildman–Crippen MR) is 116 cm³/mol. The molecule has 32 heavy (non-hydrogen) atoms. The number of fused-ring (bicyclic) bond motifs is 1. The summed E-state index contributed by atoms with van der Waals surface area (Å²) in [4.78, 5) is 38.5. The number of likely N-dealkylation sites (tertiary alicyclic amines) is 2. The summed E-state index contributed by atoms with van der Waals surface area (Å²) in [7, 11) is 0. The van der Waals surface area contributed by atoms with Crippen LogP contribution < -0.4 is 0 Å². The van der Waals surface area contributed by atoms with E-state index >= 15 is 0 Å². The van der Waals surface area contributed by atoms with Gasteiger partial charge in [-0.2, -0.15) is 0 Å². The minimum atomic E-state index is -0.291. The lowest BCUT2D eigenvalue weighted by atomic mass is 9.81. The van der Waals surface area contributed by atoms with Crippen molar-refractivity contribution in [3.8, 4) is 0 Å². The molecule has 2 saturated heterocycles. The first-order valence-electron chi connectivity index (χ1n) is 10.8. The Bertz CT molecular complexity index is 1110. The van der Waals surface area contributed by atoms with Crippen LogP contribution in [0.15, 0.2) is 73.1 Å². The third-order valence-electron chi connectivity index (χ3n) is 6.55. The molecule has 2 aliphatic rings. The number of carbonyl (C=O) groups excluding carboxylic acids is 2. The van der Waals surface area contributed by atoms with E-state index in [9.17, 15) is 14.0 Å². The van der Waals surface area contributed by atoms with Crippen molar-refractivity contribution >= 4 is 11.8 Å². The lowest BCUT2D eigenvalue weighted by Gasteiger charge is -2.38. The van der Waals surface area contributed by atoms with E-state index in [1.165, 1.54) is 12.1 Å². The number of rotatable bonds is 3. The highest BCUT2D eigenvalue weighted by Gasteiger charge is 2.48. The van der Waals surface area contributed by atoms with Crippen LogP contribution in [0.2, 0.25) is 0 Å². The number of amides is 2. The number of hydrogen-bond acceptors (Lipinski definition) is 4. The van der Waals surface area contributed by atoms with Crippen LogP contribution in [-0.4, -0.2) is 57.3 Å². The standard InChI is InChI=1S/C25H23FN4O2/c26-18-9-7-17(8-10-18)19-16-30(25(32)22-6-2-4-13-28-22)23-11-14-29(15-20(19)23)24(31)21-5-1-3-12-27-21/h1-10,12-13,19-20,23H,11,14-16H2/t19-,20-,23-/m0/s1. The SMILES string of the molecule is O=C(c1ccccn1)N1CC[C@H]2[C@@H](C1)[C@H](c1ccc(F)cc1)CN2C(=O)c1ccccn1. The molecule has 2 aliphatic heterocycles. The summed E-state index contributed by atoms with van der Waals surface area (Å²) in [5.74, 6) is -0.437. The fraction of sp³-hybridized carbons (Fsp3) is 0.280. The van der Waals surface area contributed by atoms with Crippen LogP contribution in [0.25, 0.3) is 0 Å². The van der Waals surface area contributed by atoms with Crippen molar-refractivity contribution in [2.75, 3.05) is 19.6 Å². The molecule has 0 bridgehead atoms. The Morgan fingerprint density at radius 3 is 2.12 bits per heavy atom. The van der Waals surface area contributed by atoms with Crippen LogP contribution in [0, 0.1) is 11.7 Å². The second-order valence-corrected chi connectivity index (χ2v) is 8.32. The van der Waals surface area contributed by atoms with E-state index in [0.717, 1.165) is 5.56 Å². The molecule has 162 valence electrons. The highest BCUT2D eigenvalue weighted by molar-refractivity contribution is 5.93. The molecule has 1 aromatic carbocycles. The lowest BCUT2D eigenvalue weighted by Crippen LogP contribution is -2.50. The number of pyridine rings is 2. The third-order valence-corrected chi connectivity index (χ3v) is 6.55. The first-order chi connectivity index (χ1) is 15.6. The van der Waals surface area contributed by atoms with Crippen LogP contribution in [0.1, 0.15) is 38.9 Å². The largest absolute Gasteiger partial charge is 0.337 e. The number of piperidine rings is 1. The Morgan fingerprint density at radius 2 is 1.50 bits per heavy atom. The molecule has 0 N–H and O–H groups in total. The van der Waals surface area contributed by atoms with Gasteiger partial charge in [0.1, 0.15) is 17.2 Å². The highest BCUT2D eigenvalue weighted by atomic mass is 19.1. The van der Waals surface area contributed by atoms with Crippen LogP contribution in [0.4, 0.5) is 4.39 Å². The van der Waals surface area contributed by atoms with Gasteiger partial charge in [0.25, 0.3) is 11.8 Å². The highest BCUT2D eigenvalue weighted by Crippen LogP contribution is 2.42. The quantitative estimate of drug-likeness (QED) is 0.639. The number of carbonyl (C=O) groups is 2. The van der Waals surface area contributed by atoms with E-state index in [4.69, 9.17) is 0 Å². The molecule has 3 atom stereocenters. The van der Waals surface area contributed by atoms with Gasteiger partial charge in [-0.05, 0) is 48.4 Å². The fourth-order valence-corrected chi connectivity index (χ4v) is 5.00. The van der Waals surface area contributed by atoms with E-state index in [0.29, 0.717) is 37.4 Å². The maximum atomic E-state index is 13.6. The number of nitrogens with zero attached hydrogens (tertiary/aromatic N) is 4. The molecule has 0 saturated carbocycles. The Labute approximate surface area is 185 Å². The predicted octanol–water partition coefficient (Wildman–Crippen LogP) is 3.39. The van der Waals surface area contributed by atoms with Gasteiger partial charge < -0.3 is 9.80 Å². The summed E-state index contributed by atoms with van der Waals surface area (Å²) in [6, 6.07) is 17.1. The number of halogens is 1. The van der Waals surface area contributed by atoms with E-state index in [-0.39, 0.29) is 35.5 Å². The molecule has 0 spiro atoms. The molecule has 2 aromatic heterocycles. The molecule has 0 aliphatic carbocycles. The van der Waals surface area contributed by atoms with Gasteiger partial charge in [0, 0.05) is 49.9 Å². The second kappa shape index (κ2) is 8.49. The van der Waals surface area contributed by atoms with Crippen molar-refractivity contribution in [3.63, 3.8) is 0 Å². The van der Waals surface area contributed by atoms with Gasteiger partial charge in [-0.25, -0.2) is 4.39 Å². The fourth-order valence-electron chi connectivity index (χ4n) is 5.00. The summed E-state index contributed by atoms with van der Waals surface area (Å²) >= 11 is 0. The van der Waals surface area contributed by atoms with Gasteiger partial charge in [-0.3, -0.25) is 19.6 Å². The van der Waals surface area contributed by atoms with Crippen molar-refractivity contribution in [1.82, 2.24) is 19.8 Å². The first-order valence-corrected chi connectivity index (χ1v) is 10.8. The van der Waals surface area contributed by atoms with Crippen LogP contribution >= 0.6 is 0 Å². The molecule has 5 rings (SSSR count). The van der Waals surface area contributed by atoms with Gasteiger partial charge in [-0.15, -0.1) is 0 Å². The van der Waals surface area contributed by atoms with E-state index < -0.39 is 0 Å². The molecule has 0 unspecified atom stereocenters. The minimum absolute atomic E-state index is 0.00703. The third kappa shape index (κ3) is 3.75. The Hall–Kier alpha value is -3.61. The molecule has 0 radical (unpaired) electrons. The summed E-state index contributed by atoms with van der Waals surface area (Å²) < 4.78 is 13.6. The summed E-state index contributed by atoms with van der Waals surface area (Å²) in [6.07, 6.45) is 3.91. The van der Waals surface area contributed by atoms with Gasteiger partial charge >= 0.3 is 0 Å². The molecule has 4 heterocycles. The zero-order valence-corrected chi connectivity index (χ0v) is 17.5. The summed E-state index contributed by atoms with van der Waals surface area (Å²) in [6.45, 7) is 1.59. The average Bonchev–Trinajstić information content (AvgIpc) is 3.23. The molecule has 6 nitrogen and oxygen atoms in total. The second-order valence-electron chi connectivity index (χ2n) is 8.32. The van der Waals surface area contributed by atoms with Crippen molar-refractivity contribution in [1.29, 1.82) is 0 Å². The maximum absolute atomic E-state index is 13.6. The monoisotopic (exact) mass is 430 g/mol. The minimum Gasteiger partial charge on any atom is -0.337 e. The van der Waals surface area contributed by atoms with Crippen LogP contribution in [-0.2, 0) is 0 Å². The molecular weight excluding hydrogens is 407 g/mol. The zero-order chi connectivity index (χ0) is 22.1. The van der Waals surface area contributed by atoms with Gasteiger partial charge in [0.15, 0.2) is 0 Å². The Balaban J connectivity index is 1.44. The normalized spacial score (nSPS) is 22.5. The summed E-state index contributed by atoms with van der Waals surface area (Å²) in [5.41, 5.74) is 1.81. The van der Waals surface area contributed by atoms with E-state index in [1.807, 2.05) is 9.80 Å². The van der Waals surface area contributed by atoms with Crippen LogP contribution in [0.5, 0.6) is 0 Å². The number of hydrogen-bond donors (Lipinski definition) is 0. The molecule has 2 amide bonds. The zero-order valence-electron chi connectivity index (χ0n) is 17.5. The molecule has 7 heteroatoms. The van der Waals surface area contributed by atoms with Gasteiger partial charge in [-0.1, -0.05) is 24.3 Å². The first kappa shape index (κ1) is 20.3. The average molecular weight is 430 g/mol. The maximum Gasteiger partial charge on any atom is 0.272 e. The topological polar surface area (TPSA) is 66.4 Å². The van der Waals surface area contributed by atoms with E-state index in [2.05, 4.69) is 9.97 Å². The van der Waals surface area contributed by atoms with Gasteiger partial charge in [0.2, 0.25) is 0 Å². The molecular formula is C25H23FN4O2. The Kier molecular flexibility index (Phi) is 5.39. The molecule has 3 aromatic rings. The van der Waals surface area contributed by atoms with Crippen molar-refractivity contribution in [3.05, 3.63) is 95.8 Å². The van der Waals surface area contributed by atoms with Crippen LogP contribution in [0.3, 0.4) is 0 Å². The number of aromatic nitrogens is 2. The Morgan fingerprint density at radius 1 is 0.844 bits per heavy atom. The van der Waals surface area contributed by atoms with Crippen molar-refractivity contribution < 1.29 is 14.0 Å². The van der Waals surface area contributed by atoms with E-state index in [1.54, 1.807) is 60.9 Å². The van der Waals surface area contributed by atoms with Gasteiger partial charge in [0.05, 0.1) is 0 Å². The number of benzene rings is 1. The summed E-state index contributed by atoms with van der Waals surface area (Å²) in [5, 5.41) is 0. The molecule has 2 fully saturated rings.